The summed E-state index contributed by atoms with van der Waals surface area (Å²) in [6, 6.07) is 13.9. The van der Waals surface area contributed by atoms with Crippen LogP contribution in [0.1, 0.15) is 15.9 Å². The Hall–Kier alpha value is -2.54. The van der Waals surface area contributed by atoms with Crippen molar-refractivity contribution in [1.29, 1.82) is 0 Å². The molecule has 0 unspecified atom stereocenters. The van der Waals surface area contributed by atoms with Gasteiger partial charge in [0.2, 0.25) is 10.0 Å². The maximum atomic E-state index is 12.3. The summed E-state index contributed by atoms with van der Waals surface area (Å²) in [4.78, 5) is 12.3. The molecule has 0 heterocycles. The van der Waals surface area contributed by atoms with Crippen molar-refractivity contribution < 1.29 is 17.9 Å². The van der Waals surface area contributed by atoms with E-state index >= 15 is 0 Å². The first-order valence-electron chi connectivity index (χ1n) is 7.27. The topological polar surface area (TPSA) is 75.7 Å². The predicted molar refractivity (Wildman–Crippen MR) is 93.9 cm³/mol. The molecule has 1 N–H and O–H groups in total. The highest BCUT2D eigenvalue weighted by Crippen LogP contribution is 2.19. The molecule has 0 aromatic heterocycles. The average molecular weight is 348 g/mol. The van der Waals surface area contributed by atoms with E-state index in [4.69, 9.17) is 4.74 Å². The number of carbonyl (C=O) groups is 1. The molecule has 0 radical (unpaired) electrons. The Bertz CT molecular complexity index is 834. The number of nitrogens with zero attached hydrogens (tertiary/aromatic N) is 1. The van der Waals surface area contributed by atoms with Gasteiger partial charge < -0.3 is 10.1 Å². The lowest BCUT2D eigenvalue weighted by atomic mass is 10.1. The molecule has 0 aliphatic rings. The highest BCUT2D eigenvalue weighted by molar-refractivity contribution is 7.92. The molecule has 0 saturated heterocycles. The number of sulfonamides is 1. The largest absolute Gasteiger partial charge is 0.496 e. The summed E-state index contributed by atoms with van der Waals surface area (Å²) in [5, 5.41) is 2.81. The van der Waals surface area contributed by atoms with Gasteiger partial charge in [-0.2, -0.15) is 0 Å². The van der Waals surface area contributed by atoms with Gasteiger partial charge in [-0.05, 0) is 24.3 Å². The monoisotopic (exact) mass is 348 g/mol. The Balaban J connectivity index is 2.13. The standard InChI is InChI=1S/C17H20N2O4S/c1-19(24(3,21)22)15-9-6-8-13(11-15)17(20)18-12-14-7-4-5-10-16(14)23-2/h4-11H,12H2,1-3H3,(H,18,20). The number of nitrogens with one attached hydrogen (secondary N) is 1. The Morgan fingerprint density at radius 2 is 1.88 bits per heavy atom. The van der Waals surface area contributed by atoms with E-state index in [1.54, 1.807) is 31.4 Å². The van der Waals surface area contributed by atoms with E-state index in [0.29, 0.717) is 23.5 Å². The first-order chi connectivity index (χ1) is 11.3. The first kappa shape index (κ1) is 17.8. The zero-order valence-electron chi connectivity index (χ0n) is 13.8. The molecule has 2 rings (SSSR count). The lowest BCUT2D eigenvalue weighted by molar-refractivity contribution is 0.0950. The second-order valence-corrected chi connectivity index (χ2v) is 7.29. The quantitative estimate of drug-likeness (QED) is 0.867. The van der Waals surface area contributed by atoms with Crippen LogP contribution >= 0.6 is 0 Å². The molecule has 0 fully saturated rings. The molecular weight excluding hydrogens is 328 g/mol. The summed E-state index contributed by atoms with van der Waals surface area (Å²) < 4.78 is 29.6. The maximum Gasteiger partial charge on any atom is 0.251 e. The first-order valence-corrected chi connectivity index (χ1v) is 9.12. The van der Waals surface area contributed by atoms with Crippen LogP contribution in [0, 0.1) is 0 Å². The second kappa shape index (κ2) is 7.35. The molecule has 1 amide bonds. The molecule has 2 aromatic rings. The molecule has 128 valence electrons. The fraction of sp³-hybridized carbons (Fsp3) is 0.235. The number of amides is 1. The Kier molecular flexibility index (Phi) is 5.46. The van der Waals surface area contributed by atoms with Crippen molar-refractivity contribution in [1.82, 2.24) is 5.32 Å². The zero-order chi connectivity index (χ0) is 17.7. The third kappa shape index (κ3) is 4.26. The van der Waals surface area contributed by atoms with Crippen LogP contribution in [0.5, 0.6) is 5.75 Å². The third-order valence-electron chi connectivity index (χ3n) is 3.60. The van der Waals surface area contributed by atoms with Crippen molar-refractivity contribution in [2.24, 2.45) is 0 Å². The molecule has 6 nitrogen and oxygen atoms in total. The molecule has 0 aliphatic carbocycles. The van der Waals surface area contributed by atoms with Crippen LogP contribution in [0.2, 0.25) is 0 Å². The van der Waals surface area contributed by atoms with Gasteiger partial charge in [0.15, 0.2) is 0 Å². The zero-order valence-corrected chi connectivity index (χ0v) is 14.6. The Morgan fingerprint density at radius 3 is 2.54 bits per heavy atom. The summed E-state index contributed by atoms with van der Waals surface area (Å²) in [6.45, 7) is 0.314. The molecule has 0 bridgehead atoms. The van der Waals surface area contributed by atoms with E-state index in [9.17, 15) is 13.2 Å². The van der Waals surface area contributed by atoms with Crippen molar-refractivity contribution in [3.8, 4) is 5.75 Å². The van der Waals surface area contributed by atoms with Crippen LogP contribution < -0.4 is 14.4 Å². The summed E-state index contributed by atoms with van der Waals surface area (Å²) in [5.41, 5.74) is 1.68. The molecular formula is C17H20N2O4S. The molecule has 0 aliphatic heterocycles. The van der Waals surface area contributed by atoms with Crippen LogP contribution in [0.25, 0.3) is 0 Å². The number of rotatable bonds is 6. The normalized spacial score (nSPS) is 11.0. The van der Waals surface area contributed by atoms with Crippen LogP contribution in [0.15, 0.2) is 48.5 Å². The minimum absolute atomic E-state index is 0.287. The van der Waals surface area contributed by atoms with Gasteiger partial charge in [0, 0.05) is 24.7 Å². The van der Waals surface area contributed by atoms with E-state index in [1.807, 2.05) is 24.3 Å². The summed E-state index contributed by atoms with van der Waals surface area (Å²) >= 11 is 0. The molecule has 24 heavy (non-hydrogen) atoms. The fourth-order valence-electron chi connectivity index (χ4n) is 2.16. The highest BCUT2D eigenvalue weighted by Gasteiger charge is 2.14. The van der Waals surface area contributed by atoms with Crippen molar-refractivity contribution in [3.05, 3.63) is 59.7 Å². The minimum Gasteiger partial charge on any atom is -0.496 e. The van der Waals surface area contributed by atoms with Crippen LogP contribution in [-0.4, -0.2) is 34.7 Å². The number of anilines is 1. The number of ether oxygens (including phenoxy) is 1. The SMILES string of the molecule is COc1ccccc1CNC(=O)c1cccc(N(C)S(C)(=O)=O)c1. The van der Waals surface area contributed by atoms with Gasteiger partial charge in [0.25, 0.3) is 5.91 Å². The lowest BCUT2D eigenvalue weighted by Crippen LogP contribution is -2.26. The number of para-hydroxylation sites is 1. The number of hydrogen-bond donors (Lipinski definition) is 1. The predicted octanol–water partition coefficient (Wildman–Crippen LogP) is 2.02. The Morgan fingerprint density at radius 1 is 1.17 bits per heavy atom. The van der Waals surface area contributed by atoms with Gasteiger partial charge in [-0.3, -0.25) is 9.10 Å². The van der Waals surface area contributed by atoms with Crippen LogP contribution in [0.4, 0.5) is 5.69 Å². The molecule has 0 saturated carbocycles. The number of hydrogen-bond acceptors (Lipinski definition) is 4. The summed E-state index contributed by atoms with van der Waals surface area (Å²) in [7, 11) is -0.357. The van der Waals surface area contributed by atoms with E-state index in [-0.39, 0.29) is 5.91 Å². The van der Waals surface area contributed by atoms with Crippen molar-refractivity contribution >= 4 is 21.6 Å². The van der Waals surface area contributed by atoms with Gasteiger partial charge >= 0.3 is 0 Å². The van der Waals surface area contributed by atoms with E-state index in [2.05, 4.69) is 5.32 Å². The summed E-state index contributed by atoms with van der Waals surface area (Å²) in [6.07, 6.45) is 1.11. The van der Waals surface area contributed by atoms with Gasteiger partial charge in [-0.1, -0.05) is 24.3 Å². The molecule has 7 heteroatoms. The minimum atomic E-state index is -3.38. The van der Waals surface area contributed by atoms with Gasteiger partial charge in [-0.25, -0.2) is 8.42 Å². The average Bonchev–Trinajstić information content (AvgIpc) is 2.58. The van der Waals surface area contributed by atoms with Crippen LogP contribution in [0.3, 0.4) is 0 Å². The lowest BCUT2D eigenvalue weighted by Gasteiger charge is -2.17. The van der Waals surface area contributed by atoms with Gasteiger partial charge in [-0.15, -0.1) is 0 Å². The van der Waals surface area contributed by atoms with Gasteiger partial charge in [0.05, 0.1) is 19.1 Å². The second-order valence-electron chi connectivity index (χ2n) is 5.28. The van der Waals surface area contributed by atoms with Gasteiger partial charge in [0.1, 0.15) is 5.75 Å². The van der Waals surface area contributed by atoms with E-state index in [0.717, 1.165) is 16.1 Å². The Labute approximate surface area is 142 Å². The van der Waals surface area contributed by atoms with E-state index < -0.39 is 10.0 Å². The molecule has 0 atom stereocenters. The highest BCUT2D eigenvalue weighted by atomic mass is 32.2. The smallest absolute Gasteiger partial charge is 0.251 e. The number of methoxy groups -OCH3 is 1. The van der Waals surface area contributed by atoms with E-state index in [1.165, 1.54) is 7.05 Å². The van der Waals surface area contributed by atoms with Crippen LogP contribution in [-0.2, 0) is 16.6 Å². The van der Waals surface area contributed by atoms with Crippen molar-refractivity contribution in [2.75, 3.05) is 24.7 Å². The molecule has 2 aromatic carbocycles. The molecule has 0 spiro atoms. The van der Waals surface area contributed by atoms with Crippen molar-refractivity contribution in [2.45, 2.75) is 6.54 Å². The number of carbonyl (C=O) groups excluding carboxylic acids is 1. The van der Waals surface area contributed by atoms with Crippen molar-refractivity contribution in [3.63, 3.8) is 0 Å². The maximum absolute atomic E-state index is 12.3. The fourth-order valence-corrected chi connectivity index (χ4v) is 2.66. The third-order valence-corrected chi connectivity index (χ3v) is 4.81. The number of benzene rings is 2. The summed E-state index contributed by atoms with van der Waals surface area (Å²) in [5.74, 6) is 0.410.